The number of rotatable bonds is 9. The van der Waals surface area contributed by atoms with Crippen molar-refractivity contribution < 1.29 is 29.0 Å². The molecule has 2 aliphatic heterocycles. The van der Waals surface area contributed by atoms with Crippen molar-refractivity contribution in [1.82, 2.24) is 15.0 Å². The van der Waals surface area contributed by atoms with Gasteiger partial charge in [-0.25, -0.2) is 0 Å². The maximum absolute atomic E-state index is 13.6. The van der Waals surface area contributed by atoms with Gasteiger partial charge >= 0.3 is 0 Å². The molecule has 11 nitrogen and oxygen atoms in total. The summed E-state index contributed by atoms with van der Waals surface area (Å²) in [5.41, 5.74) is 1.44. The number of nitrogens with zero attached hydrogens (tertiary/aromatic N) is 3. The van der Waals surface area contributed by atoms with E-state index in [4.69, 9.17) is 14.6 Å². The predicted octanol–water partition coefficient (Wildman–Crippen LogP) is 2.91. The highest BCUT2D eigenvalue weighted by Crippen LogP contribution is 2.58. The van der Waals surface area contributed by atoms with Gasteiger partial charge in [0.05, 0.1) is 18.9 Å². The Hall–Kier alpha value is -3.58. The van der Waals surface area contributed by atoms with E-state index in [-0.39, 0.29) is 29.9 Å². The summed E-state index contributed by atoms with van der Waals surface area (Å²) in [5, 5.41) is 23.3. The molecule has 2 aromatic carbocycles. The molecule has 3 heterocycles. The zero-order valence-corrected chi connectivity index (χ0v) is 24.0. The number of nitrogens with one attached hydrogen (secondary N) is 2. The highest BCUT2D eigenvalue weighted by atomic mass is 28.4. The third-order valence-corrected chi connectivity index (χ3v) is 10.4. The van der Waals surface area contributed by atoms with Gasteiger partial charge in [-0.1, -0.05) is 12.1 Å². The lowest BCUT2D eigenvalue weighted by molar-refractivity contribution is -0.143. The molecule has 0 aliphatic carbocycles. The van der Waals surface area contributed by atoms with E-state index in [1.54, 1.807) is 60.5 Å². The van der Waals surface area contributed by atoms with Gasteiger partial charge in [-0.3, -0.25) is 14.3 Å². The Kier molecular flexibility index (Phi) is 7.53. The summed E-state index contributed by atoms with van der Waals surface area (Å²) in [5.74, 6) is -0.228. The first-order valence-electron chi connectivity index (χ1n) is 13.4. The van der Waals surface area contributed by atoms with Crippen molar-refractivity contribution in [1.29, 1.82) is 0 Å². The Balaban J connectivity index is 1.42. The second-order valence-electron chi connectivity index (χ2n) is 11.0. The third-order valence-electron chi connectivity index (χ3n) is 7.95. The Morgan fingerprint density at radius 2 is 2.00 bits per heavy atom. The Bertz CT molecular complexity index is 1400. The van der Waals surface area contributed by atoms with Crippen molar-refractivity contribution in [2.45, 2.75) is 56.7 Å². The summed E-state index contributed by atoms with van der Waals surface area (Å²) < 4.78 is 13.5. The van der Waals surface area contributed by atoms with Crippen LogP contribution < -0.4 is 15.4 Å². The Morgan fingerprint density at radius 1 is 1.25 bits per heavy atom. The lowest BCUT2D eigenvalue weighted by Gasteiger charge is -2.32. The molecule has 4 atom stereocenters. The molecule has 3 aromatic rings. The fraction of sp³-hybridized carbons (Fsp3) is 0.429. The fourth-order valence-corrected chi connectivity index (χ4v) is 8.73. The highest BCUT2D eigenvalue weighted by Gasteiger charge is 2.64. The molecule has 5 rings (SSSR count). The zero-order chi connectivity index (χ0) is 28.7. The molecule has 40 heavy (non-hydrogen) atoms. The molecule has 1 saturated heterocycles. The summed E-state index contributed by atoms with van der Waals surface area (Å²) >= 11 is 0. The SMILES string of the molecule is COc1ccc(C(=O)Nc2ccc3c(c2)[C@]2(O[C@@H](CCn4cc(CCO)nn4)[C@H]([Si](C)(C)O)[C@H]2C)C(=O)N3)cc1. The number of hydrogen-bond donors (Lipinski definition) is 4. The highest BCUT2D eigenvalue weighted by molar-refractivity contribution is 6.71. The minimum Gasteiger partial charge on any atom is -0.497 e. The lowest BCUT2D eigenvalue weighted by atomic mass is 9.82. The van der Waals surface area contributed by atoms with Crippen LogP contribution in [0.1, 0.15) is 35.0 Å². The largest absolute Gasteiger partial charge is 0.497 e. The van der Waals surface area contributed by atoms with Gasteiger partial charge in [0, 0.05) is 59.7 Å². The maximum atomic E-state index is 13.6. The van der Waals surface area contributed by atoms with E-state index >= 15 is 0 Å². The average molecular weight is 566 g/mol. The minimum absolute atomic E-state index is 0.00605. The van der Waals surface area contributed by atoms with E-state index in [9.17, 15) is 14.4 Å². The summed E-state index contributed by atoms with van der Waals surface area (Å²) in [4.78, 5) is 37.9. The number of aliphatic hydroxyl groups excluding tert-OH is 1. The van der Waals surface area contributed by atoms with E-state index in [0.29, 0.717) is 53.3 Å². The van der Waals surface area contributed by atoms with Crippen LogP contribution in [0.15, 0.2) is 48.7 Å². The molecule has 1 aromatic heterocycles. The second kappa shape index (κ2) is 10.8. The van der Waals surface area contributed by atoms with Gasteiger partial charge in [0.2, 0.25) is 0 Å². The zero-order valence-electron chi connectivity index (χ0n) is 23.0. The standard InChI is InChI=1S/C28H35N5O6Si/c1-17-25(40(3,4)37)24(11-13-33-16-20(12-14-34)31-32-33)39-28(17)22-15-19(7-10-23(22)30-27(28)36)29-26(35)18-5-8-21(38-2)9-6-18/h5-10,15-17,24-25,34,37H,11-14H2,1-4H3,(H,29,35)(H,30,36)/t17-,24+,25-,28+/m1/s1. The number of benzene rings is 2. The molecule has 1 spiro atoms. The van der Waals surface area contributed by atoms with Gasteiger partial charge in [0.1, 0.15) is 5.75 Å². The number of aliphatic hydroxyl groups is 1. The van der Waals surface area contributed by atoms with Crippen molar-refractivity contribution >= 4 is 31.5 Å². The van der Waals surface area contributed by atoms with Crippen LogP contribution in [0.5, 0.6) is 5.75 Å². The lowest BCUT2D eigenvalue weighted by Crippen LogP contribution is -2.43. The molecule has 4 N–H and O–H groups in total. The normalized spacial score (nSPS) is 23.8. The number of methoxy groups -OCH3 is 1. The second-order valence-corrected chi connectivity index (χ2v) is 15.0. The van der Waals surface area contributed by atoms with E-state index in [0.717, 1.165) is 0 Å². The molecule has 0 bridgehead atoms. The van der Waals surface area contributed by atoms with Crippen molar-refractivity contribution in [3.63, 3.8) is 0 Å². The quantitative estimate of drug-likeness (QED) is 0.290. The molecular weight excluding hydrogens is 530 g/mol. The van der Waals surface area contributed by atoms with Crippen LogP contribution in [-0.4, -0.2) is 64.8 Å². The van der Waals surface area contributed by atoms with E-state index in [2.05, 4.69) is 20.9 Å². The topological polar surface area (TPSA) is 148 Å². The van der Waals surface area contributed by atoms with Gasteiger partial charge in [-0.05, 0) is 62.0 Å². The monoisotopic (exact) mass is 565 g/mol. The molecule has 1 fully saturated rings. The summed E-state index contributed by atoms with van der Waals surface area (Å²) in [6, 6.07) is 12.1. The predicted molar refractivity (Wildman–Crippen MR) is 151 cm³/mol. The van der Waals surface area contributed by atoms with Gasteiger partial charge < -0.3 is 30.0 Å². The first kappa shape index (κ1) is 28.0. The smallest absolute Gasteiger partial charge is 0.261 e. The fourth-order valence-electron chi connectivity index (χ4n) is 6.13. The van der Waals surface area contributed by atoms with Crippen LogP contribution >= 0.6 is 0 Å². The number of anilines is 2. The summed E-state index contributed by atoms with van der Waals surface area (Å²) in [7, 11) is -1.23. The average Bonchev–Trinajstić information content (AvgIpc) is 3.58. The van der Waals surface area contributed by atoms with Gasteiger partial charge in [0.15, 0.2) is 13.9 Å². The van der Waals surface area contributed by atoms with Crippen LogP contribution in [0.4, 0.5) is 11.4 Å². The van der Waals surface area contributed by atoms with Crippen LogP contribution in [0, 0.1) is 5.92 Å². The van der Waals surface area contributed by atoms with Crippen LogP contribution in [0.25, 0.3) is 0 Å². The van der Waals surface area contributed by atoms with Crippen molar-refractivity contribution in [2.75, 3.05) is 24.4 Å². The van der Waals surface area contributed by atoms with Crippen LogP contribution in [-0.2, 0) is 28.1 Å². The molecule has 212 valence electrons. The number of carbonyl (C=O) groups is 2. The van der Waals surface area contributed by atoms with Crippen molar-refractivity contribution in [2.24, 2.45) is 5.92 Å². The molecule has 0 saturated carbocycles. The number of ether oxygens (including phenoxy) is 2. The van der Waals surface area contributed by atoms with E-state index in [1.165, 1.54) is 0 Å². The molecule has 2 aliphatic rings. The first-order chi connectivity index (χ1) is 19.1. The minimum atomic E-state index is -2.80. The number of aryl methyl sites for hydroxylation is 1. The van der Waals surface area contributed by atoms with E-state index < -0.39 is 20.0 Å². The molecular formula is C28H35N5O6Si. The third kappa shape index (κ3) is 5.03. The van der Waals surface area contributed by atoms with Crippen molar-refractivity contribution in [3.8, 4) is 5.75 Å². The van der Waals surface area contributed by atoms with Gasteiger partial charge in [0.25, 0.3) is 11.8 Å². The molecule has 0 radical (unpaired) electrons. The number of aromatic nitrogens is 3. The number of fused-ring (bicyclic) bond motifs is 2. The molecule has 12 heteroatoms. The van der Waals surface area contributed by atoms with Gasteiger partial charge in [-0.2, -0.15) is 0 Å². The number of amides is 2. The Morgan fingerprint density at radius 3 is 2.67 bits per heavy atom. The van der Waals surface area contributed by atoms with Crippen LogP contribution in [0.3, 0.4) is 0 Å². The number of hydrogen-bond acceptors (Lipinski definition) is 8. The maximum Gasteiger partial charge on any atom is 0.261 e. The first-order valence-corrected chi connectivity index (χ1v) is 16.4. The molecule has 2 amide bonds. The summed E-state index contributed by atoms with van der Waals surface area (Å²) in [6.07, 6.45) is 2.33. The summed E-state index contributed by atoms with van der Waals surface area (Å²) in [6.45, 7) is 6.18. The van der Waals surface area contributed by atoms with Crippen LogP contribution in [0.2, 0.25) is 18.6 Å². The Labute approximate surface area is 233 Å². The van der Waals surface area contributed by atoms with Gasteiger partial charge in [-0.15, -0.1) is 5.10 Å². The molecule has 0 unspecified atom stereocenters. The van der Waals surface area contributed by atoms with Crippen molar-refractivity contribution in [3.05, 3.63) is 65.5 Å². The van der Waals surface area contributed by atoms with E-state index in [1.807, 2.05) is 20.0 Å². The number of carbonyl (C=O) groups excluding carboxylic acids is 2.